The topological polar surface area (TPSA) is 50.2 Å². The summed E-state index contributed by atoms with van der Waals surface area (Å²) in [5.41, 5.74) is 2.36. The van der Waals surface area contributed by atoms with Gasteiger partial charge in [-0.15, -0.1) is 0 Å². The fourth-order valence-corrected chi connectivity index (χ4v) is 0.687. The molecule has 0 aliphatic carbocycles. The lowest BCUT2D eigenvalue weighted by Gasteiger charge is -1.90. The third kappa shape index (κ3) is 10.6. The number of aryl methyl sites for hydroxylation is 2. The number of carbonyl (C=O) groups is 1. The van der Waals surface area contributed by atoms with Gasteiger partial charge in [-0.25, -0.2) is 0 Å². The maximum absolute atomic E-state index is 8.36. The summed E-state index contributed by atoms with van der Waals surface area (Å²) < 4.78 is 0. The zero-order valence-corrected chi connectivity index (χ0v) is 8.61. The van der Waals surface area contributed by atoms with E-state index in [0.717, 1.165) is 5.69 Å². The van der Waals surface area contributed by atoms with Gasteiger partial charge in [0.25, 0.3) is 6.47 Å². The molecule has 0 aliphatic rings. The van der Waals surface area contributed by atoms with E-state index in [2.05, 4.69) is 18.0 Å². The molecule has 0 aromatic carbocycles. The van der Waals surface area contributed by atoms with Gasteiger partial charge >= 0.3 is 0 Å². The summed E-state index contributed by atoms with van der Waals surface area (Å²) in [6.07, 6.45) is 1.82. The van der Waals surface area contributed by atoms with Crippen LogP contribution in [0, 0.1) is 13.8 Å². The van der Waals surface area contributed by atoms with Crippen LogP contribution in [-0.2, 0) is 4.79 Å². The normalized spacial score (nSPS) is 7.08. The number of pyridine rings is 1. The zero-order valence-electron chi connectivity index (χ0n) is 8.61. The minimum Gasteiger partial charge on any atom is -0.483 e. The van der Waals surface area contributed by atoms with Gasteiger partial charge in [-0.05, 0) is 31.5 Å². The van der Waals surface area contributed by atoms with Crippen LogP contribution in [-0.4, -0.2) is 16.6 Å². The van der Waals surface area contributed by atoms with E-state index in [4.69, 9.17) is 9.90 Å². The number of carboxylic acid groups (broad SMARTS) is 1. The first-order chi connectivity index (χ1) is 6.20. The number of hydrogen-bond acceptors (Lipinski definition) is 2. The molecular weight excluding hydrogens is 166 g/mol. The molecule has 0 amide bonds. The quantitative estimate of drug-likeness (QED) is 0.628. The van der Waals surface area contributed by atoms with Crippen molar-refractivity contribution in [1.82, 2.24) is 4.98 Å². The highest BCUT2D eigenvalue weighted by Gasteiger charge is 1.82. The molecule has 0 spiro atoms. The average Bonchev–Trinajstić information content (AvgIpc) is 2.08. The van der Waals surface area contributed by atoms with Crippen molar-refractivity contribution in [3.05, 3.63) is 29.6 Å². The number of aromatic nitrogens is 1. The Hall–Kier alpha value is -1.38. The van der Waals surface area contributed by atoms with Crippen molar-refractivity contribution in [3.63, 3.8) is 0 Å². The van der Waals surface area contributed by atoms with Crippen LogP contribution in [0.1, 0.15) is 25.1 Å². The van der Waals surface area contributed by atoms with E-state index < -0.39 is 0 Å². The van der Waals surface area contributed by atoms with Crippen LogP contribution in [0.15, 0.2) is 18.3 Å². The van der Waals surface area contributed by atoms with Gasteiger partial charge in [0.15, 0.2) is 0 Å². The Morgan fingerprint density at radius 1 is 1.38 bits per heavy atom. The molecule has 1 aromatic heterocycles. The molecule has 0 unspecified atom stereocenters. The van der Waals surface area contributed by atoms with Crippen LogP contribution < -0.4 is 0 Å². The van der Waals surface area contributed by atoms with E-state index >= 15 is 0 Å². The first kappa shape index (κ1) is 14.2. The van der Waals surface area contributed by atoms with Crippen LogP contribution >= 0.6 is 0 Å². The molecular formula is C10H17NO2. The monoisotopic (exact) mass is 183 g/mol. The highest BCUT2D eigenvalue weighted by atomic mass is 16.3. The minimum atomic E-state index is -0.250. The van der Waals surface area contributed by atoms with Crippen LogP contribution in [0.5, 0.6) is 0 Å². The predicted molar refractivity (Wildman–Crippen MR) is 53.8 cm³/mol. The minimum absolute atomic E-state index is 0.250. The van der Waals surface area contributed by atoms with Gasteiger partial charge < -0.3 is 5.11 Å². The Morgan fingerprint density at radius 2 is 1.85 bits per heavy atom. The second kappa shape index (κ2) is 10.6. The smallest absolute Gasteiger partial charge is 0.290 e. The summed E-state index contributed by atoms with van der Waals surface area (Å²) in [7, 11) is 0. The van der Waals surface area contributed by atoms with Gasteiger partial charge in [0.05, 0.1) is 0 Å². The van der Waals surface area contributed by atoms with Gasteiger partial charge in [0.2, 0.25) is 0 Å². The lowest BCUT2D eigenvalue weighted by Crippen LogP contribution is -1.78. The SMILES string of the molecule is CC.Cc1ccnc(C)c1.O=CO. The first-order valence-corrected chi connectivity index (χ1v) is 4.18. The molecule has 74 valence electrons. The van der Waals surface area contributed by atoms with Gasteiger partial charge in [-0.1, -0.05) is 13.8 Å². The summed E-state index contributed by atoms with van der Waals surface area (Å²) in [5.74, 6) is 0. The van der Waals surface area contributed by atoms with Gasteiger partial charge in [-0.3, -0.25) is 9.78 Å². The van der Waals surface area contributed by atoms with Crippen LogP contribution in [0.2, 0.25) is 0 Å². The Morgan fingerprint density at radius 3 is 2.08 bits per heavy atom. The molecule has 3 heteroatoms. The highest BCUT2D eigenvalue weighted by Crippen LogP contribution is 1.95. The molecule has 0 radical (unpaired) electrons. The third-order valence-electron chi connectivity index (χ3n) is 1.05. The summed E-state index contributed by atoms with van der Waals surface area (Å²) >= 11 is 0. The maximum Gasteiger partial charge on any atom is 0.290 e. The molecule has 0 fully saturated rings. The van der Waals surface area contributed by atoms with E-state index in [-0.39, 0.29) is 6.47 Å². The molecule has 1 N–H and O–H groups in total. The standard InChI is InChI=1S/C7H9N.C2H6.CH2O2/c1-6-3-4-8-7(2)5-6;1-2;2-1-3/h3-5H,1-2H3;1-2H3;1H,(H,2,3). The molecule has 0 aliphatic heterocycles. The maximum atomic E-state index is 8.36. The van der Waals surface area contributed by atoms with E-state index in [1.54, 1.807) is 0 Å². The van der Waals surface area contributed by atoms with E-state index in [1.807, 2.05) is 33.0 Å². The van der Waals surface area contributed by atoms with Gasteiger partial charge in [0, 0.05) is 11.9 Å². The van der Waals surface area contributed by atoms with Crippen molar-refractivity contribution < 1.29 is 9.90 Å². The molecule has 1 heterocycles. The second-order valence-corrected chi connectivity index (χ2v) is 2.08. The van der Waals surface area contributed by atoms with Crippen LogP contribution in [0.4, 0.5) is 0 Å². The summed E-state index contributed by atoms with van der Waals surface area (Å²) in [6, 6.07) is 4.05. The molecule has 0 saturated carbocycles. The number of hydrogen-bond donors (Lipinski definition) is 1. The Bertz CT molecular complexity index is 207. The van der Waals surface area contributed by atoms with Crippen LogP contribution in [0.25, 0.3) is 0 Å². The van der Waals surface area contributed by atoms with Crippen molar-refractivity contribution in [1.29, 1.82) is 0 Å². The fourth-order valence-electron chi connectivity index (χ4n) is 0.687. The molecule has 0 saturated heterocycles. The molecule has 1 aromatic rings. The zero-order chi connectivity index (χ0) is 10.7. The predicted octanol–water partition coefficient (Wildman–Crippen LogP) is 2.43. The number of nitrogens with zero attached hydrogens (tertiary/aromatic N) is 1. The molecule has 0 atom stereocenters. The summed E-state index contributed by atoms with van der Waals surface area (Å²) in [5, 5.41) is 6.89. The summed E-state index contributed by atoms with van der Waals surface area (Å²) in [4.78, 5) is 12.4. The van der Waals surface area contributed by atoms with Crippen molar-refractivity contribution in [2.75, 3.05) is 0 Å². The van der Waals surface area contributed by atoms with Gasteiger partial charge in [-0.2, -0.15) is 0 Å². The highest BCUT2D eigenvalue weighted by molar-refractivity contribution is 5.32. The van der Waals surface area contributed by atoms with E-state index in [9.17, 15) is 0 Å². The first-order valence-electron chi connectivity index (χ1n) is 4.18. The Balaban J connectivity index is 0. The average molecular weight is 183 g/mol. The number of rotatable bonds is 0. The second-order valence-electron chi connectivity index (χ2n) is 2.08. The Kier molecular flexibility index (Phi) is 11.6. The molecule has 3 nitrogen and oxygen atoms in total. The van der Waals surface area contributed by atoms with E-state index in [1.165, 1.54) is 5.56 Å². The summed E-state index contributed by atoms with van der Waals surface area (Å²) in [6.45, 7) is 7.81. The lowest BCUT2D eigenvalue weighted by atomic mass is 10.3. The van der Waals surface area contributed by atoms with Crippen molar-refractivity contribution >= 4 is 6.47 Å². The lowest BCUT2D eigenvalue weighted by molar-refractivity contribution is -0.122. The largest absolute Gasteiger partial charge is 0.483 e. The fraction of sp³-hybridized carbons (Fsp3) is 0.400. The van der Waals surface area contributed by atoms with Crippen molar-refractivity contribution in [2.24, 2.45) is 0 Å². The molecule has 1 rings (SSSR count). The molecule has 0 bridgehead atoms. The molecule has 13 heavy (non-hydrogen) atoms. The van der Waals surface area contributed by atoms with Gasteiger partial charge in [0.1, 0.15) is 0 Å². The third-order valence-corrected chi connectivity index (χ3v) is 1.05. The van der Waals surface area contributed by atoms with Crippen molar-refractivity contribution in [2.45, 2.75) is 27.7 Å². The van der Waals surface area contributed by atoms with Crippen LogP contribution in [0.3, 0.4) is 0 Å². The van der Waals surface area contributed by atoms with E-state index in [0.29, 0.717) is 0 Å². The Labute approximate surface area is 79.4 Å². The van der Waals surface area contributed by atoms with Crippen molar-refractivity contribution in [3.8, 4) is 0 Å².